The second-order valence-electron chi connectivity index (χ2n) is 4.78. The minimum atomic E-state index is -0.666. The molecule has 0 amide bonds. The number of thioether (sulfide) groups is 1. The molecule has 1 heterocycles. The van der Waals surface area contributed by atoms with Crippen LogP contribution in [0.5, 0.6) is 0 Å². The average Bonchev–Trinajstić information content (AvgIpc) is 2.68. The molecule has 1 aliphatic heterocycles. The van der Waals surface area contributed by atoms with Crippen LogP contribution >= 0.6 is 11.8 Å². The molecule has 1 N–H and O–H groups in total. The van der Waals surface area contributed by atoms with Crippen molar-refractivity contribution in [2.45, 2.75) is 38.4 Å². The molecule has 1 aliphatic rings. The van der Waals surface area contributed by atoms with Gasteiger partial charge in [0, 0.05) is 0 Å². The van der Waals surface area contributed by atoms with Gasteiger partial charge in [-0.05, 0) is 50.6 Å². The third-order valence-corrected chi connectivity index (χ3v) is 4.59. The minimum Gasteiger partial charge on any atom is -0.480 e. The van der Waals surface area contributed by atoms with Gasteiger partial charge in [0.05, 0.1) is 0 Å². The Morgan fingerprint density at radius 3 is 2.50 bits per heavy atom. The van der Waals surface area contributed by atoms with E-state index < -0.39 is 5.97 Å². The first-order valence-electron chi connectivity index (χ1n) is 6.18. The first-order valence-corrected chi connectivity index (χ1v) is 7.23. The van der Waals surface area contributed by atoms with E-state index in [0.29, 0.717) is 0 Å². The Kier molecular flexibility index (Phi) is 6.21. The summed E-state index contributed by atoms with van der Waals surface area (Å²) in [5.74, 6) is 0.515. The monoisotopic (exact) mass is 245 g/mol. The van der Waals surface area contributed by atoms with E-state index in [1.54, 1.807) is 11.8 Å². The maximum Gasteiger partial charge on any atom is 0.316 e. The number of aliphatic carboxylic acids is 1. The zero-order valence-corrected chi connectivity index (χ0v) is 11.1. The van der Waals surface area contributed by atoms with Gasteiger partial charge in [-0.1, -0.05) is 13.8 Å². The smallest absolute Gasteiger partial charge is 0.316 e. The molecular weight excluding hydrogens is 222 g/mol. The fourth-order valence-corrected chi connectivity index (χ4v) is 3.13. The van der Waals surface area contributed by atoms with Crippen LogP contribution in [0.25, 0.3) is 0 Å². The summed E-state index contributed by atoms with van der Waals surface area (Å²) < 4.78 is 0. The SMILES string of the molecule is CC(C)C(SCCCN1CCCC1)C(=O)O. The van der Waals surface area contributed by atoms with Crippen LogP contribution in [0.2, 0.25) is 0 Å². The van der Waals surface area contributed by atoms with E-state index in [2.05, 4.69) is 4.90 Å². The minimum absolute atomic E-state index is 0.217. The Hall–Kier alpha value is -0.220. The number of hydrogen-bond donors (Lipinski definition) is 1. The molecular formula is C12H23NO2S. The van der Waals surface area contributed by atoms with E-state index in [1.165, 1.54) is 25.9 Å². The first-order chi connectivity index (χ1) is 7.61. The topological polar surface area (TPSA) is 40.5 Å². The molecule has 1 fully saturated rings. The van der Waals surface area contributed by atoms with Crippen LogP contribution in [0.4, 0.5) is 0 Å². The number of hydrogen-bond acceptors (Lipinski definition) is 3. The van der Waals surface area contributed by atoms with Gasteiger partial charge in [0.25, 0.3) is 0 Å². The average molecular weight is 245 g/mol. The number of nitrogens with zero attached hydrogens (tertiary/aromatic N) is 1. The van der Waals surface area contributed by atoms with Crippen molar-refractivity contribution in [3.05, 3.63) is 0 Å². The quantitative estimate of drug-likeness (QED) is 0.699. The van der Waals surface area contributed by atoms with E-state index >= 15 is 0 Å². The third kappa shape index (κ3) is 4.74. The lowest BCUT2D eigenvalue weighted by Crippen LogP contribution is -2.24. The lowest BCUT2D eigenvalue weighted by atomic mass is 10.1. The number of rotatable bonds is 7. The maximum absolute atomic E-state index is 11.0. The van der Waals surface area contributed by atoms with Gasteiger partial charge < -0.3 is 10.0 Å². The van der Waals surface area contributed by atoms with Crippen LogP contribution in [0.15, 0.2) is 0 Å². The highest BCUT2D eigenvalue weighted by atomic mass is 32.2. The van der Waals surface area contributed by atoms with Crippen molar-refractivity contribution in [3.8, 4) is 0 Å². The standard InChI is InChI=1S/C12H23NO2S/c1-10(2)11(12(14)15)16-9-5-8-13-6-3-4-7-13/h10-11H,3-9H2,1-2H3,(H,14,15). The van der Waals surface area contributed by atoms with Crippen molar-refractivity contribution in [3.63, 3.8) is 0 Å². The molecule has 16 heavy (non-hydrogen) atoms. The number of carbonyl (C=O) groups is 1. The maximum atomic E-state index is 11.0. The highest BCUT2D eigenvalue weighted by molar-refractivity contribution is 8.00. The Morgan fingerprint density at radius 2 is 2.00 bits per heavy atom. The molecule has 0 aromatic heterocycles. The van der Waals surface area contributed by atoms with Gasteiger partial charge >= 0.3 is 5.97 Å². The van der Waals surface area contributed by atoms with Gasteiger partial charge in [0.2, 0.25) is 0 Å². The van der Waals surface area contributed by atoms with Crippen molar-refractivity contribution >= 4 is 17.7 Å². The summed E-state index contributed by atoms with van der Waals surface area (Å²) in [5.41, 5.74) is 0. The zero-order valence-electron chi connectivity index (χ0n) is 10.3. The predicted molar refractivity (Wildman–Crippen MR) is 69.0 cm³/mol. The lowest BCUT2D eigenvalue weighted by Gasteiger charge is -2.17. The highest BCUT2D eigenvalue weighted by Gasteiger charge is 2.21. The fraction of sp³-hybridized carbons (Fsp3) is 0.917. The van der Waals surface area contributed by atoms with E-state index in [-0.39, 0.29) is 11.2 Å². The summed E-state index contributed by atoms with van der Waals surface area (Å²) in [7, 11) is 0. The Bertz CT molecular complexity index is 215. The summed E-state index contributed by atoms with van der Waals surface area (Å²) in [6, 6.07) is 0. The highest BCUT2D eigenvalue weighted by Crippen LogP contribution is 2.21. The van der Waals surface area contributed by atoms with Gasteiger partial charge in [-0.2, -0.15) is 0 Å². The molecule has 0 bridgehead atoms. The van der Waals surface area contributed by atoms with Crippen LogP contribution in [0.1, 0.15) is 33.1 Å². The van der Waals surface area contributed by atoms with Gasteiger partial charge in [-0.15, -0.1) is 11.8 Å². The van der Waals surface area contributed by atoms with Crippen molar-refractivity contribution < 1.29 is 9.90 Å². The van der Waals surface area contributed by atoms with Gasteiger partial charge in [-0.25, -0.2) is 0 Å². The van der Waals surface area contributed by atoms with Crippen LogP contribution in [-0.4, -0.2) is 46.6 Å². The Balaban J connectivity index is 2.10. The molecule has 1 unspecified atom stereocenters. The second kappa shape index (κ2) is 7.17. The largest absolute Gasteiger partial charge is 0.480 e. The molecule has 1 rings (SSSR count). The molecule has 0 radical (unpaired) electrons. The summed E-state index contributed by atoms with van der Waals surface area (Å²) in [4.78, 5) is 13.4. The molecule has 1 saturated heterocycles. The predicted octanol–water partition coefficient (Wildman–Crippen LogP) is 2.31. The number of carboxylic acid groups (broad SMARTS) is 1. The molecule has 1 atom stereocenters. The second-order valence-corrected chi connectivity index (χ2v) is 6.03. The van der Waals surface area contributed by atoms with Crippen molar-refractivity contribution in [1.82, 2.24) is 4.90 Å². The molecule has 94 valence electrons. The van der Waals surface area contributed by atoms with Crippen molar-refractivity contribution in [2.24, 2.45) is 5.92 Å². The molecule has 0 aromatic rings. The zero-order chi connectivity index (χ0) is 12.0. The van der Waals surface area contributed by atoms with E-state index in [0.717, 1.165) is 18.7 Å². The lowest BCUT2D eigenvalue weighted by molar-refractivity contribution is -0.137. The van der Waals surface area contributed by atoms with Gasteiger partial charge in [-0.3, -0.25) is 4.79 Å². The molecule has 4 heteroatoms. The normalized spacial score (nSPS) is 19.2. The van der Waals surface area contributed by atoms with Gasteiger partial charge in [0.15, 0.2) is 0 Å². The fourth-order valence-electron chi connectivity index (χ4n) is 2.05. The van der Waals surface area contributed by atoms with Crippen molar-refractivity contribution in [1.29, 1.82) is 0 Å². The number of likely N-dealkylation sites (tertiary alicyclic amines) is 1. The molecule has 0 aromatic carbocycles. The first kappa shape index (κ1) is 13.8. The summed E-state index contributed by atoms with van der Waals surface area (Å²) in [6.45, 7) is 7.56. The summed E-state index contributed by atoms with van der Waals surface area (Å²) in [5, 5.41) is 8.79. The number of carboxylic acids is 1. The van der Waals surface area contributed by atoms with E-state index in [1.807, 2.05) is 13.8 Å². The Morgan fingerprint density at radius 1 is 1.38 bits per heavy atom. The van der Waals surface area contributed by atoms with Crippen LogP contribution in [-0.2, 0) is 4.79 Å². The van der Waals surface area contributed by atoms with Crippen molar-refractivity contribution in [2.75, 3.05) is 25.4 Å². The summed E-state index contributed by atoms with van der Waals surface area (Å²) in [6.07, 6.45) is 3.77. The summed E-state index contributed by atoms with van der Waals surface area (Å²) >= 11 is 1.59. The molecule has 0 aliphatic carbocycles. The Labute approximate surface area is 103 Å². The molecule has 0 spiro atoms. The third-order valence-electron chi connectivity index (χ3n) is 2.96. The van der Waals surface area contributed by atoms with Crippen LogP contribution in [0.3, 0.4) is 0 Å². The van der Waals surface area contributed by atoms with Crippen LogP contribution in [0, 0.1) is 5.92 Å². The molecule has 0 saturated carbocycles. The molecule has 3 nitrogen and oxygen atoms in total. The van der Waals surface area contributed by atoms with E-state index in [4.69, 9.17) is 5.11 Å². The van der Waals surface area contributed by atoms with E-state index in [9.17, 15) is 4.79 Å². The van der Waals surface area contributed by atoms with Gasteiger partial charge in [0.1, 0.15) is 5.25 Å². The van der Waals surface area contributed by atoms with Crippen LogP contribution < -0.4 is 0 Å².